The molecule has 2 aliphatic rings. The van der Waals surface area contributed by atoms with Crippen LogP contribution >= 0.6 is 0 Å². The molecule has 2 heterocycles. The summed E-state index contributed by atoms with van der Waals surface area (Å²) >= 11 is 0. The van der Waals surface area contributed by atoms with Gasteiger partial charge in [0, 0.05) is 28.9 Å². The van der Waals surface area contributed by atoms with Crippen molar-refractivity contribution in [1.82, 2.24) is 10.2 Å². The third-order valence-corrected chi connectivity index (χ3v) is 3.53. The number of piperazine rings is 1. The van der Waals surface area contributed by atoms with Gasteiger partial charge in [0.1, 0.15) is 0 Å². The summed E-state index contributed by atoms with van der Waals surface area (Å²) < 4.78 is 0. The molecule has 2 rings (SSSR count). The van der Waals surface area contributed by atoms with Crippen LogP contribution in [-0.2, 0) is 44.8 Å². The van der Waals surface area contributed by atoms with E-state index in [-0.39, 0.29) is 52.2 Å². The molecular formula is C17H38Au2N3-2. The molecule has 0 unspecified atom stereocenters. The third kappa shape index (κ3) is 17.7. The molecule has 0 aromatic rings. The van der Waals surface area contributed by atoms with Crippen molar-refractivity contribution in [2.24, 2.45) is 5.92 Å². The average molecular weight is 678 g/mol. The SMILES string of the molecule is C1CN(CC2CCNCC2)CC[N-]1.CC.C[CH-]CC.[Au+].[Au].[CH3-]. The van der Waals surface area contributed by atoms with E-state index in [1.807, 2.05) is 13.8 Å². The molecule has 145 valence electrons. The number of piperidine rings is 1. The smallest absolute Gasteiger partial charge is 0.660 e. The van der Waals surface area contributed by atoms with Crippen LogP contribution in [0.3, 0.4) is 0 Å². The van der Waals surface area contributed by atoms with Gasteiger partial charge >= 0.3 is 22.4 Å². The van der Waals surface area contributed by atoms with Gasteiger partial charge in [0.15, 0.2) is 0 Å². The van der Waals surface area contributed by atoms with Gasteiger partial charge in [0.25, 0.3) is 0 Å². The molecule has 3 nitrogen and oxygen atoms in total. The number of rotatable bonds is 3. The van der Waals surface area contributed by atoms with Crippen molar-refractivity contribution in [3.05, 3.63) is 19.2 Å². The third-order valence-electron chi connectivity index (χ3n) is 3.53. The minimum Gasteiger partial charge on any atom is -0.660 e. The average Bonchev–Trinajstić information content (AvgIpc) is 2.52. The van der Waals surface area contributed by atoms with Crippen molar-refractivity contribution in [2.45, 2.75) is 47.0 Å². The van der Waals surface area contributed by atoms with Crippen molar-refractivity contribution >= 4 is 0 Å². The van der Waals surface area contributed by atoms with Crippen molar-refractivity contribution in [2.75, 3.05) is 45.8 Å². The molecule has 2 saturated heterocycles. The Kier molecular flexibility index (Phi) is 34.9. The molecule has 0 aromatic carbocycles. The molecule has 0 atom stereocenters. The summed E-state index contributed by atoms with van der Waals surface area (Å²) in [6.07, 6.45) is 6.06. The fourth-order valence-electron chi connectivity index (χ4n) is 2.26. The summed E-state index contributed by atoms with van der Waals surface area (Å²) in [6.45, 7) is 16.5. The van der Waals surface area contributed by atoms with Gasteiger partial charge in [-0.2, -0.15) is 13.3 Å². The van der Waals surface area contributed by atoms with Crippen LogP contribution in [0, 0.1) is 19.8 Å². The Morgan fingerprint density at radius 1 is 1.14 bits per heavy atom. The Hall–Kier alpha value is 1.36. The van der Waals surface area contributed by atoms with E-state index in [1.165, 1.54) is 52.0 Å². The number of hydrogen-bond donors (Lipinski definition) is 1. The predicted molar refractivity (Wildman–Crippen MR) is 93.2 cm³/mol. The first-order valence-electron chi connectivity index (χ1n) is 8.21. The fourth-order valence-corrected chi connectivity index (χ4v) is 2.26. The normalized spacial score (nSPS) is 18.0. The second-order valence-corrected chi connectivity index (χ2v) is 4.98. The molecular weight excluding hydrogens is 640 g/mol. The Bertz CT molecular complexity index is 153. The Labute approximate surface area is 172 Å². The second kappa shape index (κ2) is 24.6. The van der Waals surface area contributed by atoms with E-state index in [1.54, 1.807) is 0 Å². The van der Waals surface area contributed by atoms with Crippen LogP contribution in [0.2, 0.25) is 0 Å². The zero-order chi connectivity index (χ0) is 14.3. The standard InChI is InChI=1S/C10H20N3.C4H9.C2H6.CH3.2Au/c1-3-11-4-2-10(1)9-13-7-5-12-6-8-13;1-3-4-2;1-2;;;/h10-11H,1-9H2;3H,4H2,1-2H3;1-2H3;1H3;;/q2*-1;;-1;;+1. The molecule has 5 heteroatoms. The van der Waals surface area contributed by atoms with Crippen LogP contribution in [0.15, 0.2) is 0 Å². The first kappa shape index (κ1) is 31.2. The Balaban J connectivity index is -0.000000159. The van der Waals surface area contributed by atoms with Crippen molar-refractivity contribution in [3.63, 3.8) is 0 Å². The zero-order valence-corrected chi connectivity index (χ0v) is 19.6. The monoisotopic (exact) mass is 678 g/mol. The molecule has 0 aliphatic carbocycles. The maximum Gasteiger partial charge on any atom is 1.00 e. The molecule has 2 aliphatic heterocycles. The van der Waals surface area contributed by atoms with E-state index in [2.05, 4.69) is 35.8 Å². The van der Waals surface area contributed by atoms with Crippen LogP contribution in [0.4, 0.5) is 0 Å². The van der Waals surface area contributed by atoms with Gasteiger partial charge in [-0.1, -0.05) is 20.8 Å². The maximum absolute atomic E-state index is 4.37. The number of hydrogen-bond acceptors (Lipinski definition) is 2. The quantitative estimate of drug-likeness (QED) is 0.364. The molecule has 0 saturated carbocycles. The summed E-state index contributed by atoms with van der Waals surface area (Å²) in [5.41, 5.74) is 0. The fraction of sp³-hybridized carbons (Fsp3) is 0.882. The molecule has 2 fully saturated rings. The Morgan fingerprint density at radius 3 is 2.00 bits per heavy atom. The summed E-state index contributed by atoms with van der Waals surface area (Å²) in [6, 6.07) is 0. The molecule has 0 bridgehead atoms. The minimum atomic E-state index is 0. The van der Waals surface area contributed by atoms with E-state index < -0.39 is 0 Å². The van der Waals surface area contributed by atoms with Crippen molar-refractivity contribution < 1.29 is 44.8 Å². The predicted octanol–water partition coefficient (Wildman–Crippen LogP) is 3.77. The van der Waals surface area contributed by atoms with Crippen LogP contribution in [0.25, 0.3) is 5.32 Å². The van der Waals surface area contributed by atoms with Gasteiger partial charge in [-0.3, -0.25) is 0 Å². The van der Waals surface area contributed by atoms with Crippen molar-refractivity contribution in [3.8, 4) is 0 Å². The van der Waals surface area contributed by atoms with Gasteiger partial charge < -0.3 is 29.4 Å². The minimum absolute atomic E-state index is 0. The topological polar surface area (TPSA) is 29.4 Å². The molecule has 0 aromatic heterocycles. The van der Waals surface area contributed by atoms with E-state index in [0.29, 0.717) is 0 Å². The van der Waals surface area contributed by atoms with E-state index in [4.69, 9.17) is 0 Å². The van der Waals surface area contributed by atoms with E-state index in [0.717, 1.165) is 19.0 Å². The van der Waals surface area contributed by atoms with E-state index >= 15 is 0 Å². The number of nitrogens with one attached hydrogen (secondary N) is 1. The molecule has 22 heavy (non-hydrogen) atoms. The molecule has 1 N–H and O–H groups in total. The number of unbranched alkanes of at least 4 members (excludes halogenated alkanes) is 1. The van der Waals surface area contributed by atoms with Crippen LogP contribution in [0.5, 0.6) is 0 Å². The van der Waals surface area contributed by atoms with Crippen molar-refractivity contribution in [1.29, 1.82) is 0 Å². The van der Waals surface area contributed by atoms with Crippen LogP contribution in [0.1, 0.15) is 47.0 Å². The zero-order valence-electron chi connectivity index (χ0n) is 15.2. The largest absolute Gasteiger partial charge is 1.00 e. The van der Waals surface area contributed by atoms with Gasteiger partial charge in [-0.05, 0) is 44.9 Å². The molecule has 0 spiro atoms. The van der Waals surface area contributed by atoms with Gasteiger partial charge in [0.2, 0.25) is 0 Å². The van der Waals surface area contributed by atoms with Gasteiger partial charge in [-0.15, -0.1) is 13.1 Å². The first-order valence-corrected chi connectivity index (χ1v) is 8.21. The van der Waals surface area contributed by atoms with Crippen LogP contribution in [-0.4, -0.2) is 50.7 Å². The summed E-state index contributed by atoms with van der Waals surface area (Å²) in [4.78, 5) is 2.59. The number of nitrogens with zero attached hydrogens (tertiary/aromatic N) is 2. The van der Waals surface area contributed by atoms with Gasteiger partial charge in [0.05, 0.1) is 0 Å². The summed E-state index contributed by atoms with van der Waals surface area (Å²) in [7, 11) is 0. The van der Waals surface area contributed by atoms with Gasteiger partial charge in [-0.25, -0.2) is 0 Å². The second-order valence-electron chi connectivity index (χ2n) is 4.98. The summed E-state index contributed by atoms with van der Waals surface area (Å²) in [5.74, 6) is 0.944. The van der Waals surface area contributed by atoms with E-state index in [9.17, 15) is 0 Å². The molecule has 1 radical (unpaired) electrons. The van der Waals surface area contributed by atoms with Crippen LogP contribution < -0.4 is 5.32 Å². The first-order chi connectivity index (χ1) is 9.36. The summed E-state index contributed by atoms with van der Waals surface area (Å²) in [5, 5.41) is 7.78. The maximum atomic E-state index is 4.37. The Morgan fingerprint density at radius 2 is 1.59 bits per heavy atom. The molecule has 0 amide bonds.